The summed E-state index contributed by atoms with van der Waals surface area (Å²) in [6.45, 7) is 2.09. The second-order valence-electron chi connectivity index (χ2n) is 4.39. The van der Waals surface area contributed by atoms with Gasteiger partial charge < -0.3 is 14.7 Å². The Balaban J connectivity index is 1.89. The van der Waals surface area contributed by atoms with Crippen LogP contribution in [0.5, 0.6) is 0 Å². The van der Waals surface area contributed by atoms with E-state index in [1.54, 1.807) is 6.20 Å². The molecule has 0 radical (unpaired) electrons. The van der Waals surface area contributed by atoms with E-state index < -0.39 is 7.14 Å². The molecule has 0 saturated carbocycles. The molecule has 5 rings (SSSR count). The lowest BCUT2D eigenvalue weighted by Crippen LogP contribution is -2.03. The fourth-order valence-corrected chi connectivity index (χ4v) is 4.81. The van der Waals surface area contributed by atoms with Gasteiger partial charge in [0.2, 0.25) is 13.1 Å². The van der Waals surface area contributed by atoms with Crippen LogP contribution in [0.4, 0.5) is 5.95 Å². The first kappa shape index (κ1) is 9.42. The predicted molar refractivity (Wildman–Crippen MR) is 64.6 cm³/mol. The van der Waals surface area contributed by atoms with Gasteiger partial charge in [-0.05, 0) is 6.42 Å². The summed E-state index contributed by atoms with van der Waals surface area (Å²) in [6, 6.07) is 0. The third kappa shape index (κ3) is 0.943. The van der Waals surface area contributed by atoms with E-state index in [9.17, 15) is 4.57 Å². The Kier molecular flexibility index (Phi) is 1.45. The minimum absolute atomic E-state index is 0.226. The molecule has 0 aliphatic carbocycles. The van der Waals surface area contributed by atoms with Crippen molar-refractivity contribution in [2.45, 2.75) is 19.8 Å². The summed E-state index contributed by atoms with van der Waals surface area (Å²) in [5, 5.41) is 1.84. The summed E-state index contributed by atoms with van der Waals surface area (Å²) in [5.41, 5.74) is 8.03. The van der Waals surface area contributed by atoms with Crippen LogP contribution in [0.3, 0.4) is 0 Å². The number of anilines is 1. The van der Waals surface area contributed by atoms with Gasteiger partial charge in [-0.1, -0.05) is 13.3 Å². The van der Waals surface area contributed by atoms with Gasteiger partial charge in [0.15, 0.2) is 11.3 Å². The molecule has 1 atom stereocenters. The Bertz CT molecular complexity index is 711. The van der Waals surface area contributed by atoms with Crippen LogP contribution in [0.25, 0.3) is 11.5 Å². The number of nitrogens with zero attached hydrogens (tertiary/aromatic N) is 2. The molecule has 2 aromatic rings. The molecule has 5 heterocycles. The number of furan rings is 1. The molecule has 6 heteroatoms. The van der Waals surface area contributed by atoms with E-state index >= 15 is 0 Å². The molecule has 1 unspecified atom stereocenters. The standard InChI is InChI=1S/C11H10N3O2P/c1-2-3-5-4-13-11(12)14-6(5)7-8-9-10(16-7)17(8,9)15/h4H,2-3H2,1H3,(H2,12,13,14). The van der Waals surface area contributed by atoms with Crippen molar-refractivity contribution >= 4 is 29.2 Å². The van der Waals surface area contributed by atoms with Gasteiger partial charge in [-0.15, -0.1) is 0 Å². The summed E-state index contributed by atoms with van der Waals surface area (Å²) in [6.07, 6.45) is 3.59. The van der Waals surface area contributed by atoms with Crippen molar-refractivity contribution < 1.29 is 8.98 Å². The normalized spacial score (nSPS) is 22.4. The minimum Gasteiger partial charge on any atom is -0.449 e. The van der Waals surface area contributed by atoms with E-state index in [2.05, 4.69) is 16.9 Å². The summed E-state index contributed by atoms with van der Waals surface area (Å²) in [4.78, 5) is 8.23. The molecule has 86 valence electrons. The Morgan fingerprint density at radius 3 is 2.82 bits per heavy atom. The average molecular weight is 247 g/mol. The highest BCUT2D eigenvalue weighted by Crippen LogP contribution is 2.70. The van der Waals surface area contributed by atoms with E-state index in [0.717, 1.165) is 34.7 Å². The molecule has 2 bridgehead atoms. The molecule has 3 aliphatic rings. The number of hydrogen-bond acceptors (Lipinski definition) is 5. The molecule has 0 spiro atoms. The lowest BCUT2D eigenvalue weighted by Gasteiger charge is -2.04. The Morgan fingerprint density at radius 1 is 1.47 bits per heavy atom. The maximum atomic E-state index is 11.9. The second-order valence-corrected chi connectivity index (χ2v) is 6.91. The highest BCUT2D eigenvalue weighted by molar-refractivity contribution is 8.06. The first-order valence-corrected chi connectivity index (χ1v) is 7.29. The van der Waals surface area contributed by atoms with Crippen molar-refractivity contribution in [1.29, 1.82) is 0 Å². The molecule has 17 heavy (non-hydrogen) atoms. The SMILES string of the molecule is CCCc1cnc(N)nc1-c1oc2c3c1P23=O. The van der Waals surface area contributed by atoms with Crippen LogP contribution in [0.2, 0.25) is 0 Å². The van der Waals surface area contributed by atoms with E-state index in [0.29, 0.717) is 11.3 Å². The van der Waals surface area contributed by atoms with Gasteiger partial charge in [-0.25, -0.2) is 9.97 Å². The predicted octanol–water partition coefficient (Wildman–Crippen LogP) is 0.537. The van der Waals surface area contributed by atoms with E-state index in [1.807, 2.05) is 0 Å². The van der Waals surface area contributed by atoms with Crippen molar-refractivity contribution in [1.82, 2.24) is 9.97 Å². The quantitative estimate of drug-likeness (QED) is 0.534. The van der Waals surface area contributed by atoms with Gasteiger partial charge in [-0.2, -0.15) is 0 Å². The van der Waals surface area contributed by atoms with Crippen LogP contribution < -0.4 is 21.8 Å². The maximum absolute atomic E-state index is 11.9. The summed E-state index contributed by atoms with van der Waals surface area (Å²) < 4.78 is 17.5. The van der Waals surface area contributed by atoms with Crippen molar-refractivity contribution in [2.24, 2.45) is 0 Å². The molecular formula is C11H10N3O2P. The fraction of sp³-hybridized carbons (Fsp3) is 0.273. The van der Waals surface area contributed by atoms with Crippen LogP contribution in [-0.2, 0) is 11.0 Å². The maximum Gasteiger partial charge on any atom is 0.220 e. The summed E-state index contributed by atoms with van der Waals surface area (Å²) >= 11 is 0. The van der Waals surface area contributed by atoms with Crippen LogP contribution in [0, 0.1) is 0 Å². The summed E-state index contributed by atoms with van der Waals surface area (Å²) in [7, 11) is -2.18. The van der Waals surface area contributed by atoms with Gasteiger partial charge in [-0.3, -0.25) is 0 Å². The molecule has 5 nitrogen and oxygen atoms in total. The number of aromatic nitrogens is 2. The highest BCUT2D eigenvalue weighted by atomic mass is 31.2. The van der Waals surface area contributed by atoms with Crippen LogP contribution in [-0.4, -0.2) is 9.97 Å². The molecule has 0 saturated heterocycles. The Labute approximate surface area is 97.4 Å². The van der Waals surface area contributed by atoms with Gasteiger partial charge >= 0.3 is 0 Å². The van der Waals surface area contributed by atoms with Crippen molar-refractivity contribution in [3.05, 3.63) is 11.8 Å². The number of aryl methyl sites for hydroxylation is 1. The second kappa shape index (κ2) is 2.62. The lowest BCUT2D eigenvalue weighted by molar-refractivity contribution is 0.590. The van der Waals surface area contributed by atoms with E-state index in [4.69, 9.17) is 10.2 Å². The molecule has 2 N–H and O–H groups in total. The zero-order valence-corrected chi connectivity index (χ0v) is 10.1. The third-order valence-corrected chi connectivity index (χ3v) is 5.83. The van der Waals surface area contributed by atoms with Gasteiger partial charge in [0.05, 0.1) is 10.6 Å². The number of rotatable bonds is 3. The Hall–Kier alpha value is -1.61. The van der Waals surface area contributed by atoms with Crippen molar-refractivity contribution in [3.8, 4) is 11.5 Å². The van der Waals surface area contributed by atoms with Crippen molar-refractivity contribution in [3.63, 3.8) is 0 Å². The van der Waals surface area contributed by atoms with Gasteiger partial charge in [0, 0.05) is 11.8 Å². The fourth-order valence-electron chi connectivity index (χ4n) is 2.33. The van der Waals surface area contributed by atoms with Gasteiger partial charge in [0.25, 0.3) is 0 Å². The molecule has 2 aromatic heterocycles. The van der Waals surface area contributed by atoms with E-state index in [1.165, 1.54) is 0 Å². The van der Waals surface area contributed by atoms with E-state index in [-0.39, 0.29) is 5.95 Å². The number of nitrogens with two attached hydrogens (primary N) is 1. The highest BCUT2D eigenvalue weighted by Gasteiger charge is 2.74. The smallest absolute Gasteiger partial charge is 0.220 e. The molecular weight excluding hydrogens is 237 g/mol. The summed E-state index contributed by atoms with van der Waals surface area (Å²) in [5.74, 6) is 0.889. The molecule has 0 aromatic carbocycles. The topological polar surface area (TPSA) is 82.0 Å². The molecule has 0 amide bonds. The largest absolute Gasteiger partial charge is 0.449 e. The molecule has 0 fully saturated rings. The number of fused-ring (bicyclic) bond motifs is 1. The zero-order valence-electron chi connectivity index (χ0n) is 9.23. The Morgan fingerprint density at radius 2 is 2.24 bits per heavy atom. The monoisotopic (exact) mass is 247 g/mol. The van der Waals surface area contributed by atoms with Crippen LogP contribution in [0.1, 0.15) is 18.9 Å². The zero-order chi connectivity index (χ0) is 11.8. The molecule has 3 aliphatic heterocycles. The first-order chi connectivity index (χ1) is 8.17. The van der Waals surface area contributed by atoms with Crippen LogP contribution >= 0.6 is 7.14 Å². The van der Waals surface area contributed by atoms with Crippen molar-refractivity contribution in [2.75, 3.05) is 5.73 Å². The minimum atomic E-state index is -2.18. The average Bonchev–Trinajstić information content (AvgIpc) is 2.95. The van der Waals surface area contributed by atoms with Gasteiger partial charge in [0.1, 0.15) is 5.69 Å². The third-order valence-electron chi connectivity index (χ3n) is 3.27. The van der Waals surface area contributed by atoms with Crippen LogP contribution in [0.15, 0.2) is 10.6 Å². The number of hydrogen-bond donors (Lipinski definition) is 1. The number of nitrogen functional groups attached to an aromatic ring is 1. The lowest BCUT2D eigenvalue weighted by atomic mass is 10.1. The first-order valence-electron chi connectivity index (χ1n) is 5.58.